The maximum absolute atomic E-state index is 12.9. The zero-order chi connectivity index (χ0) is 19.2. The quantitative estimate of drug-likeness (QED) is 0.850. The molecule has 0 saturated carbocycles. The van der Waals surface area contributed by atoms with Gasteiger partial charge in [-0.25, -0.2) is 4.39 Å². The molecule has 0 aromatic heterocycles. The maximum Gasteiger partial charge on any atom is 0.251 e. The van der Waals surface area contributed by atoms with Crippen LogP contribution in [-0.4, -0.2) is 41.5 Å². The van der Waals surface area contributed by atoms with Crippen LogP contribution in [0.25, 0.3) is 0 Å². The fraction of sp³-hybridized carbons (Fsp3) is 0.333. The third kappa shape index (κ3) is 4.92. The Kier molecular flexibility index (Phi) is 6.19. The van der Waals surface area contributed by atoms with Crippen molar-refractivity contribution in [1.82, 2.24) is 10.2 Å². The Labute approximate surface area is 157 Å². The lowest BCUT2D eigenvalue weighted by atomic mass is 9.87. The van der Waals surface area contributed by atoms with Gasteiger partial charge in [0.2, 0.25) is 5.91 Å². The van der Waals surface area contributed by atoms with Crippen molar-refractivity contribution in [2.75, 3.05) is 19.6 Å². The number of hydrogen-bond acceptors (Lipinski definition) is 3. The molecule has 1 fully saturated rings. The van der Waals surface area contributed by atoms with E-state index in [1.54, 1.807) is 4.90 Å². The summed E-state index contributed by atoms with van der Waals surface area (Å²) >= 11 is 0. The fourth-order valence-electron chi connectivity index (χ4n) is 3.36. The number of piperidine rings is 1. The molecule has 142 valence electrons. The van der Waals surface area contributed by atoms with Crippen molar-refractivity contribution in [2.24, 2.45) is 5.92 Å². The van der Waals surface area contributed by atoms with Crippen molar-refractivity contribution >= 4 is 11.8 Å². The van der Waals surface area contributed by atoms with E-state index in [1.165, 1.54) is 24.3 Å². The first-order valence-electron chi connectivity index (χ1n) is 9.09. The van der Waals surface area contributed by atoms with Crippen LogP contribution in [-0.2, 0) is 4.79 Å². The van der Waals surface area contributed by atoms with E-state index in [1.807, 2.05) is 30.3 Å². The Hall–Kier alpha value is -2.73. The van der Waals surface area contributed by atoms with Crippen LogP contribution in [0.1, 0.15) is 34.9 Å². The molecule has 3 rings (SSSR count). The number of carbonyl (C=O) groups is 2. The summed E-state index contributed by atoms with van der Waals surface area (Å²) in [7, 11) is 0. The Morgan fingerprint density at radius 3 is 2.33 bits per heavy atom. The lowest BCUT2D eigenvalue weighted by Crippen LogP contribution is -2.44. The Balaban J connectivity index is 1.46. The number of likely N-dealkylation sites (tertiary alicyclic amines) is 1. The van der Waals surface area contributed by atoms with E-state index in [0.717, 1.165) is 5.56 Å². The molecule has 1 aliphatic heterocycles. The topological polar surface area (TPSA) is 69.6 Å². The van der Waals surface area contributed by atoms with Gasteiger partial charge in [-0.05, 0) is 48.6 Å². The van der Waals surface area contributed by atoms with E-state index < -0.39 is 17.8 Å². The maximum atomic E-state index is 12.9. The van der Waals surface area contributed by atoms with Crippen LogP contribution in [0.2, 0.25) is 0 Å². The molecule has 1 aliphatic rings. The van der Waals surface area contributed by atoms with Gasteiger partial charge >= 0.3 is 0 Å². The SMILES string of the molecule is O=C(NCC(=O)N1CCC(C(O)c2ccccc2)CC1)c1ccc(F)cc1. The number of carbonyl (C=O) groups excluding carboxylic acids is 2. The minimum absolute atomic E-state index is 0.0951. The second-order valence-corrected chi connectivity index (χ2v) is 6.76. The highest BCUT2D eigenvalue weighted by molar-refractivity contribution is 5.96. The van der Waals surface area contributed by atoms with Crippen LogP contribution in [0.3, 0.4) is 0 Å². The third-order valence-electron chi connectivity index (χ3n) is 4.99. The summed E-state index contributed by atoms with van der Waals surface area (Å²) in [6, 6.07) is 14.7. The average molecular weight is 370 g/mol. The van der Waals surface area contributed by atoms with Crippen molar-refractivity contribution in [3.8, 4) is 0 Å². The monoisotopic (exact) mass is 370 g/mol. The van der Waals surface area contributed by atoms with Gasteiger partial charge in [-0.2, -0.15) is 0 Å². The molecule has 2 aromatic rings. The highest BCUT2D eigenvalue weighted by atomic mass is 19.1. The summed E-state index contributed by atoms with van der Waals surface area (Å²) in [5.41, 5.74) is 1.21. The summed E-state index contributed by atoms with van der Waals surface area (Å²) in [6.45, 7) is 1.02. The van der Waals surface area contributed by atoms with Crippen LogP contribution in [0, 0.1) is 11.7 Å². The van der Waals surface area contributed by atoms with Gasteiger partial charge in [0.15, 0.2) is 0 Å². The minimum atomic E-state index is -0.526. The summed E-state index contributed by atoms with van der Waals surface area (Å²) in [4.78, 5) is 26.0. The van der Waals surface area contributed by atoms with Crippen molar-refractivity contribution in [3.05, 3.63) is 71.5 Å². The van der Waals surface area contributed by atoms with Gasteiger partial charge < -0.3 is 15.3 Å². The molecule has 6 heteroatoms. The zero-order valence-corrected chi connectivity index (χ0v) is 15.0. The lowest BCUT2D eigenvalue weighted by molar-refractivity contribution is -0.132. The van der Waals surface area contributed by atoms with Crippen molar-refractivity contribution in [3.63, 3.8) is 0 Å². The second kappa shape index (κ2) is 8.77. The normalized spacial score (nSPS) is 16.0. The smallest absolute Gasteiger partial charge is 0.251 e. The van der Waals surface area contributed by atoms with Gasteiger partial charge in [-0.15, -0.1) is 0 Å². The molecule has 0 spiro atoms. The van der Waals surface area contributed by atoms with Gasteiger partial charge in [-0.1, -0.05) is 30.3 Å². The van der Waals surface area contributed by atoms with Gasteiger partial charge in [0, 0.05) is 18.7 Å². The van der Waals surface area contributed by atoms with Crippen molar-refractivity contribution < 1.29 is 19.1 Å². The lowest BCUT2D eigenvalue weighted by Gasteiger charge is -2.34. The Morgan fingerprint density at radius 1 is 1.07 bits per heavy atom. The first kappa shape index (κ1) is 19.0. The number of aliphatic hydroxyl groups is 1. The third-order valence-corrected chi connectivity index (χ3v) is 4.99. The second-order valence-electron chi connectivity index (χ2n) is 6.76. The average Bonchev–Trinajstić information content (AvgIpc) is 2.72. The first-order valence-corrected chi connectivity index (χ1v) is 9.09. The minimum Gasteiger partial charge on any atom is -0.388 e. The number of nitrogens with one attached hydrogen (secondary N) is 1. The summed E-state index contributed by atoms with van der Waals surface area (Å²) in [5, 5.41) is 13.1. The highest BCUT2D eigenvalue weighted by Gasteiger charge is 2.28. The largest absolute Gasteiger partial charge is 0.388 e. The molecular formula is C21H23FN2O3. The molecular weight excluding hydrogens is 347 g/mol. The Morgan fingerprint density at radius 2 is 1.70 bits per heavy atom. The number of benzene rings is 2. The molecule has 27 heavy (non-hydrogen) atoms. The van der Waals surface area contributed by atoms with E-state index in [0.29, 0.717) is 31.5 Å². The van der Waals surface area contributed by atoms with Gasteiger partial charge in [0.05, 0.1) is 12.6 Å². The van der Waals surface area contributed by atoms with E-state index in [4.69, 9.17) is 0 Å². The number of halogens is 1. The predicted molar refractivity (Wildman–Crippen MR) is 99.4 cm³/mol. The first-order chi connectivity index (χ1) is 13.0. The molecule has 0 bridgehead atoms. The molecule has 0 aliphatic carbocycles. The molecule has 2 amide bonds. The van der Waals surface area contributed by atoms with Crippen LogP contribution < -0.4 is 5.32 Å². The summed E-state index contributed by atoms with van der Waals surface area (Å²) in [6.07, 6.45) is 0.906. The number of hydrogen-bond donors (Lipinski definition) is 2. The van der Waals surface area contributed by atoms with Crippen molar-refractivity contribution in [1.29, 1.82) is 0 Å². The zero-order valence-electron chi connectivity index (χ0n) is 15.0. The van der Waals surface area contributed by atoms with Crippen LogP contribution in [0.4, 0.5) is 4.39 Å². The van der Waals surface area contributed by atoms with Crippen molar-refractivity contribution in [2.45, 2.75) is 18.9 Å². The Bertz CT molecular complexity index is 772. The van der Waals surface area contributed by atoms with E-state index in [-0.39, 0.29) is 18.4 Å². The molecule has 2 N–H and O–H groups in total. The van der Waals surface area contributed by atoms with Gasteiger partial charge in [-0.3, -0.25) is 9.59 Å². The number of rotatable bonds is 5. The summed E-state index contributed by atoms with van der Waals surface area (Å²) in [5.74, 6) is -0.857. The summed E-state index contributed by atoms with van der Waals surface area (Å²) < 4.78 is 12.9. The fourth-order valence-corrected chi connectivity index (χ4v) is 3.36. The molecule has 1 atom stereocenters. The molecule has 1 saturated heterocycles. The van der Waals surface area contributed by atoms with E-state index >= 15 is 0 Å². The molecule has 2 aromatic carbocycles. The predicted octanol–water partition coefficient (Wildman–Crippen LogP) is 2.53. The molecule has 1 unspecified atom stereocenters. The standard InChI is InChI=1S/C21H23FN2O3/c22-18-8-6-17(7-9-18)21(27)23-14-19(25)24-12-10-16(11-13-24)20(26)15-4-2-1-3-5-15/h1-9,16,20,26H,10-14H2,(H,23,27). The molecule has 0 radical (unpaired) electrons. The highest BCUT2D eigenvalue weighted by Crippen LogP contribution is 2.30. The number of amides is 2. The van der Waals surface area contributed by atoms with E-state index in [2.05, 4.69) is 5.32 Å². The van der Waals surface area contributed by atoms with Crippen LogP contribution in [0.5, 0.6) is 0 Å². The molecule has 5 nitrogen and oxygen atoms in total. The van der Waals surface area contributed by atoms with E-state index in [9.17, 15) is 19.1 Å². The van der Waals surface area contributed by atoms with Gasteiger partial charge in [0.25, 0.3) is 5.91 Å². The van der Waals surface area contributed by atoms with Gasteiger partial charge in [0.1, 0.15) is 5.82 Å². The molecule has 1 heterocycles. The number of nitrogens with zero attached hydrogens (tertiary/aromatic N) is 1. The number of aliphatic hydroxyl groups excluding tert-OH is 1. The van der Waals surface area contributed by atoms with Crippen LogP contribution in [0.15, 0.2) is 54.6 Å². The van der Waals surface area contributed by atoms with Crippen LogP contribution >= 0.6 is 0 Å².